The third-order valence-electron chi connectivity index (χ3n) is 4.76. The molecule has 8 heteroatoms. The standard InChI is InChI=1S/C19H16N2O6/c1-8-4-12(23)26-18-14(8)17(25)15(9(2)22)19-16(18)11(5-13(24)27-19)10-6-20-21(3)7-10/h4,6-7,11,25H,5H2,1-3H3. The van der Waals surface area contributed by atoms with Gasteiger partial charge in [0.25, 0.3) is 0 Å². The third kappa shape index (κ3) is 2.52. The van der Waals surface area contributed by atoms with Crippen LogP contribution in [0.25, 0.3) is 11.0 Å². The Labute approximate surface area is 153 Å². The van der Waals surface area contributed by atoms with Gasteiger partial charge in [0.15, 0.2) is 11.5 Å². The molecular formula is C19H16N2O6. The number of ketones is 1. The number of hydrogen-bond donors (Lipinski definition) is 1. The molecule has 138 valence electrons. The molecule has 3 heterocycles. The van der Waals surface area contributed by atoms with Crippen LogP contribution in [0.3, 0.4) is 0 Å². The van der Waals surface area contributed by atoms with E-state index >= 15 is 0 Å². The zero-order valence-electron chi connectivity index (χ0n) is 14.9. The number of hydrogen-bond acceptors (Lipinski definition) is 7. The van der Waals surface area contributed by atoms with Crippen LogP contribution in [0.2, 0.25) is 0 Å². The molecule has 1 aliphatic heterocycles. The minimum Gasteiger partial charge on any atom is -0.506 e. The van der Waals surface area contributed by atoms with Crippen LogP contribution in [0.15, 0.2) is 27.7 Å². The molecule has 3 aromatic rings. The van der Waals surface area contributed by atoms with Gasteiger partial charge in [-0.15, -0.1) is 0 Å². The van der Waals surface area contributed by atoms with E-state index in [0.717, 1.165) is 0 Å². The number of phenols is 1. The number of rotatable bonds is 2. The van der Waals surface area contributed by atoms with E-state index in [1.54, 1.807) is 31.0 Å². The van der Waals surface area contributed by atoms with Crippen LogP contribution in [-0.2, 0) is 11.8 Å². The lowest BCUT2D eigenvalue weighted by Crippen LogP contribution is -2.23. The highest BCUT2D eigenvalue weighted by Gasteiger charge is 2.37. The van der Waals surface area contributed by atoms with Crippen molar-refractivity contribution in [2.75, 3.05) is 0 Å². The summed E-state index contributed by atoms with van der Waals surface area (Å²) < 4.78 is 12.3. The summed E-state index contributed by atoms with van der Waals surface area (Å²) in [4.78, 5) is 36.5. The fourth-order valence-corrected chi connectivity index (χ4v) is 3.64. The van der Waals surface area contributed by atoms with Crippen molar-refractivity contribution in [3.63, 3.8) is 0 Å². The summed E-state index contributed by atoms with van der Waals surface area (Å²) in [6.07, 6.45) is 3.34. The maximum atomic E-state index is 12.3. The average molecular weight is 368 g/mol. The first kappa shape index (κ1) is 17.0. The molecule has 0 radical (unpaired) electrons. The van der Waals surface area contributed by atoms with Crippen molar-refractivity contribution in [2.45, 2.75) is 26.2 Å². The van der Waals surface area contributed by atoms with E-state index in [1.165, 1.54) is 13.0 Å². The number of benzene rings is 1. The zero-order chi connectivity index (χ0) is 19.5. The molecule has 4 rings (SSSR count). The van der Waals surface area contributed by atoms with Crippen LogP contribution in [0.5, 0.6) is 11.5 Å². The molecule has 1 aliphatic rings. The molecule has 0 spiro atoms. The second kappa shape index (κ2) is 5.80. The number of carbonyl (C=O) groups is 2. The Balaban J connectivity index is 2.20. The number of Topliss-reactive ketones (excluding diaryl/α,β-unsaturated/α-hetero) is 1. The van der Waals surface area contributed by atoms with Gasteiger partial charge in [0.2, 0.25) is 0 Å². The summed E-state index contributed by atoms with van der Waals surface area (Å²) in [5.41, 5.74) is 0.975. The third-order valence-corrected chi connectivity index (χ3v) is 4.76. The van der Waals surface area contributed by atoms with E-state index in [0.29, 0.717) is 16.7 Å². The Hall–Kier alpha value is -3.42. The summed E-state index contributed by atoms with van der Waals surface area (Å²) in [5.74, 6) is -1.96. The van der Waals surface area contributed by atoms with Gasteiger partial charge in [-0.3, -0.25) is 14.3 Å². The van der Waals surface area contributed by atoms with Crippen LogP contribution in [0.1, 0.15) is 46.3 Å². The maximum Gasteiger partial charge on any atom is 0.336 e. The monoisotopic (exact) mass is 368 g/mol. The highest BCUT2D eigenvalue weighted by molar-refractivity contribution is 6.08. The molecule has 0 saturated heterocycles. The van der Waals surface area contributed by atoms with Crippen molar-refractivity contribution in [3.05, 3.63) is 51.1 Å². The van der Waals surface area contributed by atoms with Gasteiger partial charge < -0.3 is 14.3 Å². The summed E-state index contributed by atoms with van der Waals surface area (Å²) >= 11 is 0. The fraction of sp³-hybridized carbons (Fsp3) is 0.263. The van der Waals surface area contributed by atoms with Crippen molar-refractivity contribution in [2.24, 2.45) is 7.05 Å². The maximum absolute atomic E-state index is 12.3. The molecule has 0 saturated carbocycles. The van der Waals surface area contributed by atoms with Crippen molar-refractivity contribution in [3.8, 4) is 11.5 Å². The van der Waals surface area contributed by atoms with Gasteiger partial charge in [0.1, 0.15) is 16.9 Å². The lowest BCUT2D eigenvalue weighted by molar-refractivity contribution is -0.135. The Morgan fingerprint density at radius 1 is 1.37 bits per heavy atom. The molecule has 8 nitrogen and oxygen atoms in total. The van der Waals surface area contributed by atoms with Gasteiger partial charge in [0, 0.05) is 30.8 Å². The Morgan fingerprint density at radius 2 is 2.11 bits per heavy atom. The molecule has 27 heavy (non-hydrogen) atoms. The number of aryl methyl sites for hydroxylation is 2. The highest BCUT2D eigenvalue weighted by atomic mass is 16.5. The second-order valence-electron chi connectivity index (χ2n) is 6.65. The summed E-state index contributed by atoms with van der Waals surface area (Å²) in [6, 6.07) is 1.24. The van der Waals surface area contributed by atoms with Crippen LogP contribution in [0, 0.1) is 6.92 Å². The fourth-order valence-electron chi connectivity index (χ4n) is 3.64. The van der Waals surface area contributed by atoms with Crippen LogP contribution < -0.4 is 10.4 Å². The zero-order valence-corrected chi connectivity index (χ0v) is 14.9. The molecular weight excluding hydrogens is 352 g/mol. The molecule has 0 amide bonds. The number of carbonyl (C=O) groups excluding carboxylic acids is 2. The summed E-state index contributed by atoms with van der Waals surface area (Å²) in [7, 11) is 1.74. The van der Waals surface area contributed by atoms with E-state index in [4.69, 9.17) is 9.15 Å². The number of aromatic hydroxyl groups is 1. The van der Waals surface area contributed by atoms with Crippen molar-refractivity contribution in [1.82, 2.24) is 9.78 Å². The molecule has 1 aromatic carbocycles. The van der Waals surface area contributed by atoms with Gasteiger partial charge in [-0.05, 0) is 25.0 Å². The molecule has 0 aliphatic carbocycles. The molecule has 0 bridgehead atoms. The predicted octanol–water partition coefficient (Wildman–Crippen LogP) is 2.18. The lowest BCUT2D eigenvalue weighted by Gasteiger charge is -2.27. The highest BCUT2D eigenvalue weighted by Crippen LogP contribution is 2.49. The number of esters is 1. The van der Waals surface area contributed by atoms with E-state index in [9.17, 15) is 19.5 Å². The van der Waals surface area contributed by atoms with E-state index in [-0.39, 0.29) is 34.5 Å². The van der Waals surface area contributed by atoms with Gasteiger partial charge in [-0.1, -0.05) is 0 Å². The second-order valence-corrected chi connectivity index (χ2v) is 6.65. The van der Waals surface area contributed by atoms with E-state index < -0.39 is 23.3 Å². The van der Waals surface area contributed by atoms with Crippen LogP contribution in [0.4, 0.5) is 0 Å². The van der Waals surface area contributed by atoms with Gasteiger partial charge >= 0.3 is 11.6 Å². The van der Waals surface area contributed by atoms with Gasteiger partial charge in [-0.2, -0.15) is 5.10 Å². The van der Waals surface area contributed by atoms with Gasteiger partial charge in [0.05, 0.1) is 18.0 Å². The van der Waals surface area contributed by atoms with Gasteiger partial charge in [-0.25, -0.2) is 4.79 Å². The summed E-state index contributed by atoms with van der Waals surface area (Å²) in [6.45, 7) is 2.92. The number of ether oxygens (including phenoxy) is 1. The average Bonchev–Trinajstić information content (AvgIpc) is 2.99. The molecule has 0 fully saturated rings. The number of aromatic nitrogens is 2. The molecule has 1 N–H and O–H groups in total. The topological polar surface area (TPSA) is 112 Å². The van der Waals surface area contributed by atoms with Crippen molar-refractivity contribution >= 4 is 22.7 Å². The number of phenolic OH excluding ortho intramolecular Hbond substituents is 1. The van der Waals surface area contributed by atoms with Crippen LogP contribution >= 0.6 is 0 Å². The first-order valence-electron chi connectivity index (χ1n) is 8.31. The number of fused-ring (bicyclic) bond motifs is 3. The molecule has 1 atom stereocenters. The van der Waals surface area contributed by atoms with E-state index in [1.807, 2.05) is 0 Å². The summed E-state index contributed by atoms with van der Waals surface area (Å²) in [5, 5.41) is 15.1. The predicted molar refractivity (Wildman–Crippen MR) is 94.2 cm³/mol. The minimum atomic E-state index is -0.598. The Bertz CT molecular complexity index is 1190. The minimum absolute atomic E-state index is 0.00638. The molecule has 2 aromatic heterocycles. The molecule has 1 unspecified atom stereocenters. The quantitative estimate of drug-likeness (QED) is 0.319. The van der Waals surface area contributed by atoms with Crippen molar-refractivity contribution < 1.29 is 23.8 Å². The normalized spacial score (nSPS) is 16.3. The number of nitrogens with zero attached hydrogens (tertiary/aromatic N) is 2. The van der Waals surface area contributed by atoms with Crippen molar-refractivity contribution in [1.29, 1.82) is 0 Å². The largest absolute Gasteiger partial charge is 0.506 e. The smallest absolute Gasteiger partial charge is 0.336 e. The Kier molecular flexibility index (Phi) is 3.66. The lowest BCUT2D eigenvalue weighted by atomic mass is 9.84. The van der Waals surface area contributed by atoms with E-state index in [2.05, 4.69) is 5.10 Å². The first-order chi connectivity index (χ1) is 12.8. The Morgan fingerprint density at radius 3 is 2.74 bits per heavy atom. The first-order valence-corrected chi connectivity index (χ1v) is 8.31. The SMILES string of the molecule is CC(=O)c1c2c(c3oc(=O)cc(C)c3c1O)C(c1cnn(C)c1)CC(=O)O2. The van der Waals surface area contributed by atoms with Crippen LogP contribution in [-0.4, -0.2) is 26.6 Å².